The van der Waals surface area contributed by atoms with Crippen LogP contribution >= 0.6 is 0 Å². The van der Waals surface area contributed by atoms with Crippen molar-refractivity contribution < 1.29 is 9.53 Å². The van der Waals surface area contributed by atoms with Crippen LogP contribution in [0.3, 0.4) is 0 Å². The number of hydrogen-bond donors (Lipinski definition) is 1. The molecule has 1 N–H and O–H groups in total. The SMILES string of the molecule is CC(C)OCC(=O)NC1CCN(Cc2ccccc2)C1. The average Bonchev–Trinajstić information content (AvgIpc) is 2.85. The minimum atomic E-state index is -0.00902. The Morgan fingerprint density at radius 1 is 1.40 bits per heavy atom. The Hall–Kier alpha value is -1.39. The van der Waals surface area contributed by atoms with Crippen molar-refractivity contribution in [3.8, 4) is 0 Å². The van der Waals surface area contributed by atoms with E-state index in [1.54, 1.807) is 0 Å². The summed E-state index contributed by atoms with van der Waals surface area (Å²) in [5.41, 5.74) is 1.32. The largest absolute Gasteiger partial charge is 0.369 e. The second-order valence-electron chi connectivity index (χ2n) is 5.63. The first-order valence-electron chi connectivity index (χ1n) is 7.30. The van der Waals surface area contributed by atoms with E-state index in [-0.39, 0.29) is 24.7 Å². The predicted octanol–water partition coefficient (Wildman–Crippen LogP) is 1.80. The highest BCUT2D eigenvalue weighted by atomic mass is 16.5. The van der Waals surface area contributed by atoms with Crippen molar-refractivity contribution in [2.45, 2.75) is 39.0 Å². The summed E-state index contributed by atoms with van der Waals surface area (Å²) in [6, 6.07) is 10.7. The summed E-state index contributed by atoms with van der Waals surface area (Å²) in [6.45, 7) is 6.94. The molecule has 1 aliphatic rings. The van der Waals surface area contributed by atoms with Gasteiger partial charge in [0.2, 0.25) is 5.91 Å². The maximum atomic E-state index is 11.7. The van der Waals surface area contributed by atoms with Crippen molar-refractivity contribution in [3.63, 3.8) is 0 Å². The molecule has 4 heteroatoms. The van der Waals surface area contributed by atoms with Gasteiger partial charge in [0.1, 0.15) is 6.61 Å². The smallest absolute Gasteiger partial charge is 0.246 e. The van der Waals surface area contributed by atoms with Gasteiger partial charge in [0.25, 0.3) is 0 Å². The summed E-state index contributed by atoms with van der Waals surface area (Å²) in [5.74, 6) is -0.00902. The van der Waals surface area contributed by atoms with Gasteiger partial charge in [-0.2, -0.15) is 0 Å². The number of hydrogen-bond acceptors (Lipinski definition) is 3. The average molecular weight is 276 g/mol. The number of amides is 1. The summed E-state index contributed by atoms with van der Waals surface area (Å²) in [6.07, 6.45) is 1.11. The van der Waals surface area contributed by atoms with Crippen molar-refractivity contribution in [1.29, 1.82) is 0 Å². The highest BCUT2D eigenvalue weighted by Crippen LogP contribution is 2.13. The van der Waals surface area contributed by atoms with E-state index < -0.39 is 0 Å². The Bertz CT molecular complexity index is 420. The van der Waals surface area contributed by atoms with Crippen LogP contribution in [0.4, 0.5) is 0 Å². The minimum Gasteiger partial charge on any atom is -0.369 e. The van der Waals surface area contributed by atoms with E-state index in [0.717, 1.165) is 26.1 Å². The summed E-state index contributed by atoms with van der Waals surface area (Å²) >= 11 is 0. The molecule has 0 spiro atoms. The fraction of sp³-hybridized carbons (Fsp3) is 0.562. The normalized spacial score (nSPS) is 19.4. The van der Waals surface area contributed by atoms with E-state index in [0.29, 0.717) is 0 Å². The number of carbonyl (C=O) groups is 1. The van der Waals surface area contributed by atoms with Gasteiger partial charge in [0, 0.05) is 25.7 Å². The van der Waals surface area contributed by atoms with Gasteiger partial charge in [-0.25, -0.2) is 0 Å². The second-order valence-corrected chi connectivity index (χ2v) is 5.63. The first-order chi connectivity index (χ1) is 9.63. The third-order valence-corrected chi connectivity index (χ3v) is 3.43. The van der Waals surface area contributed by atoms with Crippen LogP contribution < -0.4 is 5.32 Å². The molecule has 0 bridgehead atoms. The summed E-state index contributed by atoms with van der Waals surface area (Å²) in [5, 5.41) is 3.04. The van der Waals surface area contributed by atoms with E-state index in [2.05, 4.69) is 34.5 Å². The maximum Gasteiger partial charge on any atom is 0.246 e. The molecule has 1 saturated heterocycles. The Balaban J connectivity index is 1.71. The molecule has 1 aliphatic heterocycles. The van der Waals surface area contributed by atoms with Gasteiger partial charge < -0.3 is 10.1 Å². The van der Waals surface area contributed by atoms with E-state index >= 15 is 0 Å². The number of likely N-dealkylation sites (tertiary alicyclic amines) is 1. The van der Waals surface area contributed by atoms with Crippen LogP contribution in [0.1, 0.15) is 25.8 Å². The molecular formula is C16H24N2O2. The van der Waals surface area contributed by atoms with Gasteiger partial charge in [0.15, 0.2) is 0 Å². The predicted molar refractivity (Wildman–Crippen MR) is 79.4 cm³/mol. The molecule has 1 atom stereocenters. The van der Waals surface area contributed by atoms with Gasteiger partial charge in [-0.05, 0) is 25.8 Å². The van der Waals surface area contributed by atoms with Gasteiger partial charge in [-0.1, -0.05) is 30.3 Å². The Morgan fingerprint density at radius 3 is 2.85 bits per heavy atom. The van der Waals surface area contributed by atoms with Crippen molar-refractivity contribution in [1.82, 2.24) is 10.2 Å². The first kappa shape index (κ1) is 15.0. The zero-order valence-corrected chi connectivity index (χ0v) is 12.3. The minimum absolute atomic E-state index is 0.00902. The lowest BCUT2D eigenvalue weighted by molar-refractivity contribution is -0.127. The summed E-state index contributed by atoms with van der Waals surface area (Å²) in [7, 11) is 0. The Kier molecular flexibility index (Phi) is 5.56. The molecule has 110 valence electrons. The number of benzene rings is 1. The van der Waals surface area contributed by atoms with Crippen LogP contribution in [-0.2, 0) is 16.1 Å². The molecule has 0 radical (unpaired) electrons. The number of carbonyl (C=O) groups excluding carboxylic acids is 1. The van der Waals surface area contributed by atoms with Crippen LogP contribution in [0.2, 0.25) is 0 Å². The number of nitrogens with zero attached hydrogens (tertiary/aromatic N) is 1. The van der Waals surface area contributed by atoms with Crippen LogP contribution in [0.5, 0.6) is 0 Å². The van der Waals surface area contributed by atoms with Crippen LogP contribution in [0.25, 0.3) is 0 Å². The van der Waals surface area contributed by atoms with Crippen LogP contribution in [0.15, 0.2) is 30.3 Å². The summed E-state index contributed by atoms with van der Waals surface area (Å²) < 4.78 is 5.31. The highest BCUT2D eigenvalue weighted by molar-refractivity contribution is 5.77. The fourth-order valence-electron chi connectivity index (χ4n) is 2.45. The molecular weight excluding hydrogens is 252 g/mol. The van der Waals surface area contributed by atoms with E-state index in [9.17, 15) is 4.79 Å². The quantitative estimate of drug-likeness (QED) is 0.861. The van der Waals surface area contributed by atoms with Crippen molar-refractivity contribution in [2.75, 3.05) is 19.7 Å². The molecule has 2 rings (SSSR count). The molecule has 1 amide bonds. The van der Waals surface area contributed by atoms with Crippen LogP contribution in [-0.4, -0.2) is 42.6 Å². The molecule has 20 heavy (non-hydrogen) atoms. The lowest BCUT2D eigenvalue weighted by atomic mass is 10.2. The Morgan fingerprint density at radius 2 is 2.15 bits per heavy atom. The van der Waals surface area contributed by atoms with Gasteiger partial charge in [-0.3, -0.25) is 9.69 Å². The van der Waals surface area contributed by atoms with Crippen molar-refractivity contribution >= 4 is 5.91 Å². The fourth-order valence-corrected chi connectivity index (χ4v) is 2.45. The molecule has 1 unspecified atom stereocenters. The zero-order chi connectivity index (χ0) is 14.4. The number of rotatable bonds is 6. The van der Waals surface area contributed by atoms with Crippen LogP contribution in [0, 0.1) is 0 Å². The lowest BCUT2D eigenvalue weighted by Gasteiger charge is -2.17. The van der Waals surface area contributed by atoms with Gasteiger partial charge >= 0.3 is 0 Å². The Labute approximate surface area is 121 Å². The van der Waals surface area contributed by atoms with Gasteiger partial charge in [-0.15, -0.1) is 0 Å². The maximum absolute atomic E-state index is 11.7. The molecule has 1 aromatic carbocycles. The molecule has 0 aromatic heterocycles. The topological polar surface area (TPSA) is 41.6 Å². The third kappa shape index (κ3) is 4.94. The lowest BCUT2D eigenvalue weighted by Crippen LogP contribution is -2.39. The summed E-state index contributed by atoms with van der Waals surface area (Å²) in [4.78, 5) is 14.1. The second kappa shape index (κ2) is 7.41. The number of ether oxygens (including phenoxy) is 1. The van der Waals surface area contributed by atoms with E-state index in [1.165, 1.54) is 5.56 Å². The highest BCUT2D eigenvalue weighted by Gasteiger charge is 2.23. The number of nitrogens with one attached hydrogen (secondary N) is 1. The monoisotopic (exact) mass is 276 g/mol. The van der Waals surface area contributed by atoms with Gasteiger partial charge in [0.05, 0.1) is 6.10 Å². The molecule has 4 nitrogen and oxygen atoms in total. The first-order valence-corrected chi connectivity index (χ1v) is 7.30. The standard InChI is InChI=1S/C16H24N2O2/c1-13(2)20-12-16(19)17-15-8-9-18(11-15)10-14-6-4-3-5-7-14/h3-7,13,15H,8-12H2,1-2H3,(H,17,19). The zero-order valence-electron chi connectivity index (χ0n) is 12.3. The third-order valence-electron chi connectivity index (χ3n) is 3.43. The molecule has 1 heterocycles. The molecule has 0 aliphatic carbocycles. The molecule has 1 fully saturated rings. The van der Waals surface area contributed by atoms with Crippen molar-refractivity contribution in [2.24, 2.45) is 0 Å². The van der Waals surface area contributed by atoms with E-state index in [1.807, 2.05) is 19.9 Å². The van der Waals surface area contributed by atoms with Crippen molar-refractivity contribution in [3.05, 3.63) is 35.9 Å². The van der Waals surface area contributed by atoms with E-state index in [4.69, 9.17) is 4.74 Å². The molecule has 0 saturated carbocycles. The molecule has 1 aromatic rings.